The second-order valence-electron chi connectivity index (χ2n) is 5.29. The normalized spacial score (nSPS) is 21.1. The number of fused-ring (bicyclic) bond motifs is 1. The molecule has 1 aliphatic heterocycles. The molecule has 1 aliphatic rings. The van der Waals surface area contributed by atoms with Crippen LogP contribution in [-0.4, -0.2) is 29.8 Å². The van der Waals surface area contributed by atoms with Crippen LogP contribution < -0.4 is 0 Å². The molecule has 122 valence electrons. The Bertz CT molecular complexity index is 712. The zero-order chi connectivity index (χ0) is 16.9. The highest BCUT2D eigenvalue weighted by Gasteiger charge is 2.46. The third-order valence-corrected chi connectivity index (χ3v) is 5.59. The van der Waals surface area contributed by atoms with Crippen LogP contribution in [-0.2, 0) is 21.0 Å². The molecule has 0 radical (unpaired) electrons. The molecule has 1 aromatic rings. The van der Waals surface area contributed by atoms with Crippen molar-refractivity contribution in [2.75, 3.05) is 0 Å². The largest absolute Gasteiger partial charge is 0.481 e. The Balaban J connectivity index is 2.67. The van der Waals surface area contributed by atoms with Crippen LogP contribution >= 0.6 is 0 Å². The zero-order valence-electron chi connectivity index (χ0n) is 11.8. The predicted octanol–water partition coefficient (Wildman–Crippen LogP) is 2.63. The van der Waals surface area contributed by atoms with Crippen molar-refractivity contribution in [2.45, 2.75) is 43.4 Å². The van der Waals surface area contributed by atoms with Gasteiger partial charge < -0.3 is 5.11 Å². The number of alkyl halides is 3. The van der Waals surface area contributed by atoms with Crippen molar-refractivity contribution in [1.82, 2.24) is 4.31 Å². The number of rotatable bonds is 3. The number of carbonyl (C=O) groups is 1. The van der Waals surface area contributed by atoms with Crippen LogP contribution in [0, 0.1) is 0 Å². The van der Waals surface area contributed by atoms with E-state index < -0.39 is 46.2 Å². The van der Waals surface area contributed by atoms with Crippen LogP contribution in [0.2, 0.25) is 0 Å². The van der Waals surface area contributed by atoms with E-state index >= 15 is 0 Å². The van der Waals surface area contributed by atoms with Gasteiger partial charge in [0.15, 0.2) is 0 Å². The minimum Gasteiger partial charge on any atom is -0.481 e. The van der Waals surface area contributed by atoms with Crippen LogP contribution in [0.5, 0.6) is 0 Å². The molecule has 0 unspecified atom stereocenters. The van der Waals surface area contributed by atoms with Crippen LogP contribution in [0.3, 0.4) is 0 Å². The van der Waals surface area contributed by atoms with Gasteiger partial charge in [-0.15, -0.1) is 0 Å². The Hall–Kier alpha value is -1.61. The van der Waals surface area contributed by atoms with Gasteiger partial charge in [0.2, 0.25) is 10.0 Å². The minimum atomic E-state index is -4.63. The number of benzene rings is 1. The molecule has 0 aliphatic carbocycles. The van der Waals surface area contributed by atoms with E-state index in [4.69, 9.17) is 5.11 Å². The van der Waals surface area contributed by atoms with E-state index in [1.807, 2.05) is 0 Å². The predicted molar refractivity (Wildman–Crippen MR) is 70.6 cm³/mol. The second-order valence-corrected chi connectivity index (χ2v) is 7.10. The van der Waals surface area contributed by atoms with Crippen LogP contribution in [0.4, 0.5) is 13.2 Å². The first-order chi connectivity index (χ1) is 9.96. The highest BCUT2D eigenvalue weighted by molar-refractivity contribution is 7.89. The van der Waals surface area contributed by atoms with Gasteiger partial charge in [-0.25, -0.2) is 8.42 Å². The highest BCUT2D eigenvalue weighted by Crippen LogP contribution is 2.44. The van der Waals surface area contributed by atoms with Gasteiger partial charge in [-0.1, -0.05) is 0 Å². The first-order valence-corrected chi connectivity index (χ1v) is 7.86. The number of hydrogen-bond donors (Lipinski definition) is 1. The van der Waals surface area contributed by atoms with Crippen molar-refractivity contribution in [2.24, 2.45) is 0 Å². The van der Waals surface area contributed by atoms with Gasteiger partial charge >= 0.3 is 12.1 Å². The summed E-state index contributed by atoms with van der Waals surface area (Å²) in [6.07, 6.45) is -5.22. The van der Waals surface area contributed by atoms with Gasteiger partial charge in [-0.05, 0) is 37.6 Å². The maximum Gasteiger partial charge on any atom is 0.416 e. The number of carboxylic acids is 1. The Labute approximate surface area is 125 Å². The lowest BCUT2D eigenvalue weighted by atomic mass is 10.0. The standard InChI is InChI=1S/C13H14F3NO4S/c1-7(2)17-10(6-12(18)19)9-5-8(13(14,15)16)3-4-11(9)22(17,20)21/h3-5,7,10H,6H2,1-2H3,(H,18,19)/t10-/m0/s1. The van der Waals surface area contributed by atoms with Gasteiger partial charge in [0.05, 0.1) is 22.9 Å². The first-order valence-electron chi connectivity index (χ1n) is 6.42. The lowest BCUT2D eigenvalue weighted by Gasteiger charge is -2.26. The molecule has 1 heterocycles. The first kappa shape index (κ1) is 16.8. The van der Waals surface area contributed by atoms with E-state index in [1.165, 1.54) is 0 Å². The van der Waals surface area contributed by atoms with E-state index in [0.29, 0.717) is 6.07 Å². The van der Waals surface area contributed by atoms with Gasteiger partial charge in [0.25, 0.3) is 0 Å². The number of carboxylic acid groups (broad SMARTS) is 1. The van der Waals surface area contributed by atoms with Crippen molar-refractivity contribution < 1.29 is 31.5 Å². The SMILES string of the molecule is CC(C)N1[C@@H](CC(=O)O)c2cc(C(F)(F)F)ccc2S1(=O)=O. The fraction of sp³-hybridized carbons (Fsp3) is 0.462. The highest BCUT2D eigenvalue weighted by atomic mass is 32.2. The lowest BCUT2D eigenvalue weighted by molar-refractivity contribution is -0.138. The average Bonchev–Trinajstić information content (AvgIpc) is 2.55. The van der Waals surface area contributed by atoms with Crippen molar-refractivity contribution in [3.63, 3.8) is 0 Å². The second kappa shape index (κ2) is 5.24. The van der Waals surface area contributed by atoms with E-state index in [2.05, 4.69) is 0 Å². The molecule has 0 saturated carbocycles. The van der Waals surface area contributed by atoms with Gasteiger partial charge in [0, 0.05) is 6.04 Å². The van der Waals surface area contributed by atoms with Crippen molar-refractivity contribution >= 4 is 16.0 Å². The zero-order valence-corrected chi connectivity index (χ0v) is 12.6. The minimum absolute atomic E-state index is 0.120. The number of halogens is 3. The van der Waals surface area contributed by atoms with E-state index in [1.54, 1.807) is 13.8 Å². The molecule has 1 aromatic carbocycles. The Morgan fingerprint density at radius 1 is 1.36 bits per heavy atom. The quantitative estimate of drug-likeness (QED) is 0.920. The smallest absolute Gasteiger partial charge is 0.416 e. The summed E-state index contributed by atoms with van der Waals surface area (Å²) in [6, 6.07) is 0.599. The van der Waals surface area contributed by atoms with Gasteiger partial charge in [-0.2, -0.15) is 17.5 Å². The van der Waals surface area contributed by atoms with Gasteiger partial charge in [-0.3, -0.25) is 4.79 Å². The number of hydrogen-bond acceptors (Lipinski definition) is 3. The summed E-state index contributed by atoms with van der Waals surface area (Å²) in [6.45, 7) is 3.09. The fourth-order valence-corrected chi connectivity index (χ4v) is 4.68. The molecular formula is C13H14F3NO4S. The van der Waals surface area contributed by atoms with Crippen LogP contribution in [0.25, 0.3) is 0 Å². The van der Waals surface area contributed by atoms with Crippen molar-refractivity contribution in [1.29, 1.82) is 0 Å². The number of sulfonamides is 1. The summed E-state index contributed by atoms with van der Waals surface area (Å²) in [5, 5.41) is 8.95. The maximum absolute atomic E-state index is 12.8. The molecule has 0 bridgehead atoms. The fourth-order valence-electron chi connectivity index (χ4n) is 2.64. The lowest BCUT2D eigenvalue weighted by Crippen LogP contribution is -2.35. The monoisotopic (exact) mass is 337 g/mol. The molecule has 0 amide bonds. The molecule has 0 spiro atoms. The molecule has 1 atom stereocenters. The molecule has 2 rings (SSSR count). The Morgan fingerprint density at radius 3 is 2.41 bits per heavy atom. The summed E-state index contributed by atoms with van der Waals surface area (Å²) in [7, 11) is -4.00. The number of nitrogens with zero attached hydrogens (tertiary/aromatic N) is 1. The summed E-state index contributed by atoms with van der Waals surface area (Å²) in [5.41, 5.74) is -1.12. The molecule has 5 nitrogen and oxygen atoms in total. The molecule has 22 heavy (non-hydrogen) atoms. The summed E-state index contributed by atoms with van der Waals surface area (Å²) in [4.78, 5) is 10.7. The van der Waals surface area contributed by atoms with Crippen LogP contribution in [0.15, 0.2) is 23.1 Å². The number of aliphatic carboxylic acids is 1. The third kappa shape index (κ3) is 2.70. The summed E-state index contributed by atoms with van der Waals surface area (Å²) >= 11 is 0. The van der Waals surface area contributed by atoms with Crippen molar-refractivity contribution in [3.05, 3.63) is 29.3 Å². The molecule has 0 aromatic heterocycles. The summed E-state index contributed by atoms with van der Waals surface area (Å²) in [5.74, 6) is -1.28. The average molecular weight is 337 g/mol. The Morgan fingerprint density at radius 2 is 1.95 bits per heavy atom. The maximum atomic E-state index is 12.8. The van der Waals surface area contributed by atoms with Crippen molar-refractivity contribution in [3.8, 4) is 0 Å². The van der Waals surface area contributed by atoms with E-state index in [0.717, 1.165) is 16.4 Å². The topological polar surface area (TPSA) is 74.7 Å². The third-order valence-electron chi connectivity index (χ3n) is 3.44. The Kier molecular flexibility index (Phi) is 3.99. The molecule has 0 saturated heterocycles. The molecule has 1 N–H and O–H groups in total. The molecule has 9 heteroatoms. The molecule has 0 fully saturated rings. The van der Waals surface area contributed by atoms with Gasteiger partial charge in [0.1, 0.15) is 0 Å². The van der Waals surface area contributed by atoms with Crippen LogP contribution in [0.1, 0.15) is 37.4 Å². The molecular weight excluding hydrogens is 323 g/mol. The van der Waals surface area contributed by atoms with E-state index in [9.17, 15) is 26.4 Å². The summed E-state index contributed by atoms with van der Waals surface area (Å²) < 4.78 is 64.3. The van der Waals surface area contributed by atoms with E-state index in [-0.39, 0.29) is 10.5 Å².